The van der Waals surface area contributed by atoms with E-state index in [9.17, 15) is 9.59 Å². The predicted molar refractivity (Wildman–Crippen MR) is 76.1 cm³/mol. The van der Waals surface area contributed by atoms with Gasteiger partial charge in [0.25, 0.3) is 0 Å². The standard InChI is InChI=1S/C14H28N2O3/c1-7-16(9-10(2)3)13(19)15-11(8-12(17)18)14(4,5)6/h10-11H,7-9H2,1-6H3,(H,15,19)(H,17,18). The number of hydrogen-bond donors (Lipinski definition) is 2. The number of rotatable bonds is 6. The van der Waals surface area contributed by atoms with Crippen molar-refractivity contribution in [3.05, 3.63) is 0 Å². The summed E-state index contributed by atoms with van der Waals surface area (Å²) >= 11 is 0. The van der Waals surface area contributed by atoms with E-state index in [1.165, 1.54) is 0 Å². The third-order valence-corrected chi connectivity index (χ3v) is 2.98. The molecule has 0 aliphatic heterocycles. The van der Waals surface area contributed by atoms with Crippen LogP contribution < -0.4 is 5.32 Å². The molecular weight excluding hydrogens is 244 g/mol. The summed E-state index contributed by atoms with van der Waals surface area (Å²) in [6, 6.07) is -0.559. The second-order valence-electron chi connectivity index (χ2n) is 6.40. The van der Waals surface area contributed by atoms with Gasteiger partial charge in [-0.15, -0.1) is 0 Å². The average molecular weight is 272 g/mol. The highest BCUT2D eigenvalue weighted by atomic mass is 16.4. The molecule has 0 spiro atoms. The highest BCUT2D eigenvalue weighted by Gasteiger charge is 2.29. The fraction of sp³-hybridized carbons (Fsp3) is 0.857. The van der Waals surface area contributed by atoms with E-state index in [-0.39, 0.29) is 23.9 Å². The summed E-state index contributed by atoms with van der Waals surface area (Å²) in [5, 5.41) is 11.8. The van der Waals surface area contributed by atoms with Crippen molar-refractivity contribution < 1.29 is 14.7 Å². The summed E-state index contributed by atoms with van der Waals surface area (Å²) in [7, 11) is 0. The summed E-state index contributed by atoms with van der Waals surface area (Å²) < 4.78 is 0. The number of aliphatic carboxylic acids is 1. The first kappa shape index (κ1) is 17.7. The largest absolute Gasteiger partial charge is 0.481 e. The molecule has 0 rings (SSSR count). The minimum Gasteiger partial charge on any atom is -0.481 e. The lowest BCUT2D eigenvalue weighted by Gasteiger charge is -2.33. The second kappa shape index (κ2) is 7.36. The van der Waals surface area contributed by atoms with Gasteiger partial charge in [0.1, 0.15) is 0 Å². The van der Waals surface area contributed by atoms with Gasteiger partial charge in [-0.3, -0.25) is 4.79 Å². The van der Waals surface area contributed by atoms with Crippen LogP contribution in [0, 0.1) is 11.3 Å². The van der Waals surface area contributed by atoms with Crippen molar-refractivity contribution in [3.8, 4) is 0 Å². The third-order valence-electron chi connectivity index (χ3n) is 2.98. The Bertz CT molecular complexity index is 308. The van der Waals surface area contributed by atoms with Crippen molar-refractivity contribution in [2.75, 3.05) is 13.1 Å². The summed E-state index contributed by atoms with van der Waals surface area (Å²) in [5.74, 6) is -0.509. The molecule has 2 N–H and O–H groups in total. The van der Waals surface area contributed by atoms with E-state index >= 15 is 0 Å². The number of nitrogens with zero attached hydrogens (tertiary/aromatic N) is 1. The lowest BCUT2D eigenvalue weighted by Crippen LogP contribution is -2.51. The SMILES string of the molecule is CCN(CC(C)C)C(=O)NC(CC(=O)O)C(C)(C)C. The minimum absolute atomic E-state index is 0.0610. The molecule has 0 aromatic carbocycles. The number of carbonyl (C=O) groups excluding carboxylic acids is 1. The second-order valence-corrected chi connectivity index (χ2v) is 6.40. The van der Waals surface area contributed by atoms with Gasteiger partial charge < -0.3 is 15.3 Å². The Labute approximate surface area is 116 Å². The van der Waals surface area contributed by atoms with Crippen LogP contribution in [-0.2, 0) is 4.79 Å². The number of carboxylic acids is 1. The van der Waals surface area contributed by atoms with Crippen LogP contribution in [-0.4, -0.2) is 41.1 Å². The van der Waals surface area contributed by atoms with Gasteiger partial charge >= 0.3 is 12.0 Å². The van der Waals surface area contributed by atoms with Gasteiger partial charge in [-0.25, -0.2) is 4.79 Å². The number of carbonyl (C=O) groups is 2. The van der Waals surface area contributed by atoms with E-state index in [4.69, 9.17) is 5.11 Å². The van der Waals surface area contributed by atoms with Crippen LogP contribution >= 0.6 is 0 Å². The number of amides is 2. The summed E-state index contributed by atoms with van der Waals surface area (Å²) in [6.45, 7) is 13.1. The third kappa shape index (κ3) is 7.03. The molecule has 0 saturated carbocycles. The van der Waals surface area contributed by atoms with Crippen molar-refractivity contribution in [3.63, 3.8) is 0 Å². The molecule has 0 aromatic heterocycles. The molecule has 0 bridgehead atoms. The average Bonchev–Trinajstić information content (AvgIpc) is 2.22. The fourth-order valence-corrected chi connectivity index (χ4v) is 1.79. The molecule has 0 heterocycles. The maximum Gasteiger partial charge on any atom is 0.317 e. The molecule has 1 atom stereocenters. The normalized spacial score (nSPS) is 13.2. The Balaban J connectivity index is 4.73. The smallest absolute Gasteiger partial charge is 0.317 e. The summed E-state index contributed by atoms with van der Waals surface area (Å²) in [6.07, 6.45) is -0.0610. The fourth-order valence-electron chi connectivity index (χ4n) is 1.79. The highest BCUT2D eigenvalue weighted by molar-refractivity contribution is 5.76. The van der Waals surface area contributed by atoms with Crippen LogP contribution in [0.15, 0.2) is 0 Å². The summed E-state index contributed by atoms with van der Waals surface area (Å²) in [4.78, 5) is 24.8. The summed E-state index contributed by atoms with van der Waals surface area (Å²) in [5.41, 5.74) is -0.286. The molecule has 0 fully saturated rings. The molecule has 0 saturated heterocycles. The maximum absolute atomic E-state index is 12.2. The van der Waals surface area contributed by atoms with E-state index in [2.05, 4.69) is 19.2 Å². The van der Waals surface area contributed by atoms with Crippen LogP contribution in [0.5, 0.6) is 0 Å². The van der Waals surface area contributed by atoms with Crippen LogP contribution in [0.3, 0.4) is 0 Å². The molecule has 0 radical (unpaired) electrons. The lowest BCUT2D eigenvalue weighted by molar-refractivity contribution is -0.138. The van der Waals surface area contributed by atoms with Crippen LogP contribution in [0.2, 0.25) is 0 Å². The topological polar surface area (TPSA) is 69.6 Å². The van der Waals surface area contributed by atoms with E-state index in [0.29, 0.717) is 19.0 Å². The van der Waals surface area contributed by atoms with Gasteiger partial charge in [0.2, 0.25) is 0 Å². The molecule has 5 nitrogen and oxygen atoms in total. The number of carboxylic acid groups (broad SMARTS) is 1. The Morgan fingerprint density at radius 1 is 1.26 bits per heavy atom. The Morgan fingerprint density at radius 2 is 1.79 bits per heavy atom. The molecule has 5 heteroatoms. The van der Waals surface area contributed by atoms with Crippen molar-refractivity contribution in [2.24, 2.45) is 11.3 Å². The van der Waals surface area contributed by atoms with Crippen molar-refractivity contribution in [2.45, 2.75) is 54.0 Å². The van der Waals surface area contributed by atoms with Gasteiger partial charge in [-0.1, -0.05) is 34.6 Å². The van der Waals surface area contributed by atoms with Crippen molar-refractivity contribution in [1.29, 1.82) is 0 Å². The molecule has 0 aliphatic carbocycles. The lowest BCUT2D eigenvalue weighted by atomic mass is 9.85. The number of nitrogens with one attached hydrogen (secondary N) is 1. The maximum atomic E-state index is 12.2. The predicted octanol–water partition coefficient (Wildman–Crippen LogP) is 2.56. The van der Waals surface area contributed by atoms with E-state index < -0.39 is 5.97 Å². The van der Waals surface area contributed by atoms with E-state index in [1.54, 1.807) is 4.90 Å². The van der Waals surface area contributed by atoms with Gasteiger partial charge in [0, 0.05) is 19.1 Å². The Hall–Kier alpha value is -1.26. The Kier molecular flexibility index (Phi) is 6.87. The molecule has 112 valence electrons. The highest BCUT2D eigenvalue weighted by Crippen LogP contribution is 2.22. The first-order valence-corrected chi connectivity index (χ1v) is 6.85. The zero-order valence-corrected chi connectivity index (χ0v) is 13.0. The Morgan fingerprint density at radius 3 is 2.11 bits per heavy atom. The monoisotopic (exact) mass is 272 g/mol. The van der Waals surface area contributed by atoms with Crippen molar-refractivity contribution in [1.82, 2.24) is 10.2 Å². The molecule has 19 heavy (non-hydrogen) atoms. The quantitative estimate of drug-likeness (QED) is 0.780. The van der Waals surface area contributed by atoms with Gasteiger partial charge in [-0.05, 0) is 18.3 Å². The molecule has 2 amide bonds. The zero-order valence-electron chi connectivity index (χ0n) is 13.0. The minimum atomic E-state index is -0.896. The number of urea groups is 1. The van der Waals surface area contributed by atoms with Crippen LogP contribution in [0.1, 0.15) is 48.0 Å². The van der Waals surface area contributed by atoms with E-state index in [0.717, 1.165) is 0 Å². The van der Waals surface area contributed by atoms with E-state index in [1.807, 2.05) is 27.7 Å². The molecule has 1 unspecified atom stereocenters. The van der Waals surface area contributed by atoms with Crippen LogP contribution in [0.4, 0.5) is 4.79 Å². The molecule has 0 aromatic rings. The number of hydrogen-bond acceptors (Lipinski definition) is 2. The molecule has 0 aliphatic rings. The van der Waals surface area contributed by atoms with Gasteiger partial charge in [-0.2, -0.15) is 0 Å². The first-order valence-electron chi connectivity index (χ1n) is 6.85. The van der Waals surface area contributed by atoms with Crippen molar-refractivity contribution >= 4 is 12.0 Å². The first-order chi connectivity index (χ1) is 8.57. The van der Waals surface area contributed by atoms with Gasteiger partial charge in [0.15, 0.2) is 0 Å². The zero-order chi connectivity index (χ0) is 15.2. The van der Waals surface area contributed by atoms with Crippen LogP contribution in [0.25, 0.3) is 0 Å². The molecular formula is C14H28N2O3. The van der Waals surface area contributed by atoms with Gasteiger partial charge in [0.05, 0.1) is 6.42 Å².